The lowest BCUT2D eigenvalue weighted by Gasteiger charge is -2.07. The molecule has 0 fully saturated rings. The third-order valence-corrected chi connectivity index (χ3v) is 3.28. The Labute approximate surface area is 120 Å². The summed E-state index contributed by atoms with van der Waals surface area (Å²) < 4.78 is 0. The van der Waals surface area contributed by atoms with Gasteiger partial charge in [-0.3, -0.25) is 10.1 Å². The number of amides is 1. The number of aromatic nitrogens is 2. The van der Waals surface area contributed by atoms with Gasteiger partial charge in [-0.15, -0.1) is 11.3 Å². The number of carbonyl (C=O) groups is 1. The van der Waals surface area contributed by atoms with Crippen LogP contribution in [0, 0.1) is 0 Å². The zero-order valence-corrected chi connectivity index (χ0v) is 11.9. The van der Waals surface area contributed by atoms with Crippen LogP contribution >= 0.6 is 22.9 Å². The molecule has 0 bridgehead atoms. The fraction of sp³-hybridized carbons (Fsp3) is 0.250. The largest absolute Gasteiger partial charge is 0.369 e. The monoisotopic (exact) mass is 296 g/mol. The molecule has 19 heavy (non-hydrogen) atoms. The van der Waals surface area contributed by atoms with Gasteiger partial charge < -0.3 is 5.32 Å². The number of thiazole rings is 1. The highest BCUT2D eigenvalue weighted by atomic mass is 35.5. The molecule has 0 aliphatic carbocycles. The van der Waals surface area contributed by atoms with E-state index < -0.39 is 0 Å². The Kier molecular flexibility index (Phi) is 4.70. The van der Waals surface area contributed by atoms with E-state index in [2.05, 4.69) is 27.5 Å². The molecule has 100 valence electrons. The van der Waals surface area contributed by atoms with E-state index in [0.29, 0.717) is 21.5 Å². The predicted molar refractivity (Wildman–Crippen MR) is 78.1 cm³/mol. The maximum absolute atomic E-state index is 11.9. The van der Waals surface area contributed by atoms with E-state index in [4.69, 9.17) is 11.6 Å². The van der Waals surface area contributed by atoms with Crippen LogP contribution < -0.4 is 10.6 Å². The number of pyridine rings is 1. The van der Waals surface area contributed by atoms with E-state index in [9.17, 15) is 4.79 Å². The van der Waals surface area contributed by atoms with Crippen molar-refractivity contribution < 1.29 is 4.79 Å². The zero-order valence-electron chi connectivity index (χ0n) is 10.3. The van der Waals surface area contributed by atoms with Crippen LogP contribution in [0.15, 0.2) is 23.8 Å². The average Bonchev–Trinajstić information content (AvgIpc) is 2.90. The van der Waals surface area contributed by atoms with Gasteiger partial charge in [0.25, 0.3) is 5.91 Å². The maximum atomic E-state index is 11.9. The molecule has 0 unspecified atom stereocenters. The van der Waals surface area contributed by atoms with E-state index in [0.717, 1.165) is 13.0 Å². The average molecular weight is 297 g/mol. The summed E-state index contributed by atoms with van der Waals surface area (Å²) in [6, 6.07) is 1.59. The minimum absolute atomic E-state index is 0.272. The topological polar surface area (TPSA) is 66.9 Å². The van der Waals surface area contributed by atoms with E-state index in [-0.39, 0.29) is 5.91 Å². The van der Waals surface area contributed by atoms with Crippen molar-refractivity contribution >= 4 is 39.8 Å². The molecule has 0 aromatic carbocycles. The summed E-state index contributed by atoms with van der Waals surface area (Å²) in [5, 5.41) is 8.54. The molecule has 0 atom stereocenters. The number of hydrogen-bond acceptors (Lipinski definition) is 5. The van der Waals surface area contributed by atoms with Gasteiger partial charge in [0, 0.05) is 24.3 Å². The van der Waals surface area contributed by atoms with Gasteiger partial charge in [0.1, 0.15) is 5.82 Å². The van der Waals surface area contributed by atoms with Crippen molar-refractivity contribution in [3.8, 4) is 0 Å². The molecular formula is C12H13ClN4OS. The smallest absolute Gasteiger partial charge is 0.259 e. The highest BCUT2D eigenvalue weighted by molar-refractivity contribution is 7.13. The molecule has 0 spiro atoms. The zero-order chi connectivity index (χ0) is 13.7. The van der Waals surface area contributed by atoms with Gasteiger partial charge in [-0.25, -0.2) is 9.97 Å². The van der Waals surface area contributed by atoms with Gasteiger partial charge in [0.15, 0.2) is 5.13 Å². The number of carbonyl (C=O) groups excluding carboxylic acids is 1. The number of hydrogen-bond donors (Lipinski definition) is 2. The Hall–Kier alpha value is -1.66. The highest BCUT2D eigenvalue weighted by Gasteiger charge is 2.11. The third kappa shape index (κ3) is 3.65. The van der Waals surface area contributed by atoms with Crippen molar-refractivity contribution in [3.63, 3.8) is 0 Å². The first-order valence-corrected chi connectivity index (χ1v) is 7.06. The van der Waals surface area contributed by atoms with Gasteiger partial charge in [0.05, 0.1) is 10.6 Å². The molecule has 2 N–H and O–H groups in total. The second kappa shape index (κ2) is 6.49. The summed E-state index contributed by atoms with van der Waals surface area (Å²) in [5.41, 5.74) is 0.405. The summed E-state index contributed by atoms with van der Waals surface area (Å²) in [6.45, 7) is 2.84. The lowest BCUT2D eigenvalue weighted by Crippen LogP contribution is -2.12. The van der Waals surface area contributed by atoms with Crippen molar-refractivity contribution in [1.82, 2.24) is 9.97 Å². The maximum Gasteiger partial charge on any atom is 0.259 e. The standard InChI is InChI=1S/C12H13ClN4OS/c1-2-3-14-10-9(13)6-8(7-16-10)11(18)17-12-15-4-5-19-12/h4-7H,2-3H2,1H3,(H,14,16)(H,15,17,18). The Morgan fingerprint density at radius 2 is 2.32 bits per heavy atom. The molecule has 0 saturated heterocycles. The fourth-order valence-electron chi connectivity index (χ4n) is 1.39. The van der Waals surface area contributed by atoms with Gasteiger partial charge in [-0.1, -0.05) is 18.5 Å². The molecule has 5 nitrogen and oxygen atoms in total. The minimum Gasteiger partial charge on any atom is -0.369 e. The molecule has 0 aliphatic heterocycles. The number of nitrogens with one attached hydrogen (secondary N) is 2. The summed E-state index contributed by atoms with van der Waals surface area (Å²) in [5.74, 6) is 0.320. The highest BCUT2D eigenvalue weighted by Crippen LogP contribution is 2.21. The van der Waals surface area contributed by atoms with Gasteiger partial charge in [-0.05, 0) is 12.5 Å². The molecule has 2 aromatic heterocycles. The molecule has 0 saturated carbocycles. The summed E-state index contributed by atoms with van der Waals surface area (Å²) in [4.78, 5) is 20.1. The van der Waals surface area contributed by atoms with Crippen LogP contribution in [0.1, 0.15) is 23.7 Å². The van der Waals surface area contributed by atoms with Crippen molar-refractivity contribution in [3.05, 3.63) is 34.4 Å². The minimum atomic E-state index is -0.272. The van der Waals surface area contributed by atoms with Crippen LogP contribution in [0.25, 0.3) is 0 Å². The lowest BCUT2D eigenvalue weighted by atomic mass is 10.2. The number of nitrogens with zero attached hydrogens (tertiary/aromatic N) is 2. The molecule has 7 heteroatoms. The number of anilines is 2. The van der Waals surface area contributed by atoms with Gasteiger partial charge >= 0.3 is 0 Å². The summed E-state index contributed by atoms with van der Waals surface area (Å²) in [6.07, 6.45) is 4.10. The van der Waals surface area contributed by atoms with Crippen molar-refractivity contribution in [2.75, 3.05) is 17.2 Å². The van der Waals surface area contributed by atoms with Crippen molar-refractivity contribution in [2.24, 2.45) is 0 Å². The first-order chi connectivity index (χ1) is 9.20. The predicted octanol–water partition coefficient (Wildman–Crippen LogP) is 3.27. The molecule has 0 aliphatic rings. The number of rotatable bonds is 5. The Morgan fingerprint density at radius 3 is 2.95 bits per heavy atom. The summed E-state index contributed by atoms with van der Waals surface area (Å²) in [7, 11) is 0. The Balaban J connectivity index is 2.08. The van der Waals surface area contributed by atoms with Crippen LogP contribution in [0.2, 0.25) is 5.02 Å². The van der Waals surface area contributed by atoms with Crippen LogP contribution in [0.5, 0.6) is 0 Å². The van der Waals surface area contributed by atoms with Crippen LogP contribution in [0.4, 0.5) is 10.9 Å². The normalized spacial score (nSPS) is 10.2. The van der Waals surface area contributed by atoms with Crippen molar-refractivity contribution in [1.29, 1.82) is 0 Å². The van der Waals surface area contributed by atoms with E-state index in [1.807, 2.05) is 0 Å². The quantitative estimate of drug-likeness (QED) is 0.888. The SMILES string of the molecule is CCCNc1ncc(C(=O)Nc2nccs2)cc1Cl. The lowest BCUT2D eigenvalue weighted by molar-refractivity contribution is 0.102. The molecule has 2 aromatic rings. The van der Waals surface area contributed by atoms with Crippen LogP contribution in [-0.4, -0.2) is 22.4 Å². The molecular weight excluding hydrogens is 284 g/mol. The molecule has 0 radical (unpaired) electrons. The number of halogens is 1. The summed E-state index contributed by atoms with van der Waals surface area (Å²) >= 11 is 7.43. The van der Waals surface area contributed by atoms with Crippen molar-refractivity contribution in [2.45, 2.75) is 13.3 Å². The molecule has 1 amide bonds. The Bertz CT molecular complexity index is 559. The van der Waals surface area contributed by atoms with E-state index in [1.54, 1.807) is 17.6 Å². The third-order valence-electron chi connectivity index (χ3n) is 2.30. The van der Waals surface area contributed by atoms with E-state index in [1.165, 1.54) is 17.5 Å². The second-order valence-electron chi connectivity index (χ2n) is 3.77. The Morgan fingerprint density at radius 1 is 1.47 bits per heavy atom. The van der Waals surface area contributed by atoms with E-state index >= 15 is 0 Å². The first-order valence-electron chi connectivity index (χ1n) is 5.81. The van der Waals surface area contributed by atoms with Crippen LogP contribution in [0.3, 0.4) is 0 Å². The fourth-order valence-corrected chi connectivity index (χ4v) is 2.15. The second-order valence-corrected chi connectivity index (χ2v) is 5.07. The van der Waals surface area contributed by atoms with Gasteiger partial charge in [-0.2, -0.15) is 0 Å². The first kappa shape index (κ1) is 13.8. The van der Waals surface area contributed by atoms with Gasteiger partial charge in [0.2, 0.25) is 0 Å². The van der Waals surface area contributed by atoms with Crippen LogP contribution in [-0.2, 0) is 0 Å². The molecule has 2 heterocycles. The molecule has 2 rings (SSSR count).